The van der Waals surface area contributed by atoms with Crippen LogP contribution in [-0.2, 0) is 21.5 Å². The van der Waals surface area contributed by atoms with Crippen LogP contribution >= 0.6 is 23.4 Å². The molecule has 2 amide bonds. The number of carbonyl (C=O) groups excluding carboxylic acids is 2. The number of methoxy groups -OCH3 is 1. The van der Waals surface area contributed by atoms with Crippen molar-refractivity contribution < 1.29 is 31.3 Å². The molecule has 3 aromatic rings. The molecule has 186 valence electrons. The summed E-state index contributed by atoms with van der Waals surface area (Å²) in [7, 11) is -2.90. The number of carbonyl (C=O) groups is 2. The number of aryl methyl sites for hydroxylation is 1. The largest absolute Gasteiger partial charge is 0.493 e. The van der Waals surface area contributed by atoms with Crippen LogP contribution in [0.2, 0.25) is 5.02 Å². The second kappa shape index (κ2) is 10.3. The third-order valence-electron chi connectivity index (χ3n) is 5.27. The van der Waals surface area contributed by atoms with Crippen LogP contribution in [0.25, 0.3) is 6.08 Å². The zero-order valence-corrected chi connectivity index (χ0v) is 21.4. The molecule has 1 aliphatic rings. The number of ether oxygens (including phenoxy) is 1. The lowest BCUT2D eigenvalue weighted by Gasteiger charge is -2.15. The number of nitrogens with zero attached hydrogens (tertiary/aromatic N) is 1. The lowest BCUT2D eigenvalue weighted by Crippen LogP contribution is -2.28. The second-order valence-corrected chi connectivity index (χ2v) is 10.6. The van der Waals surface area contributed by atoms with Crippen molar-refractivity contribution in [2.75, 3.05) is 7.11 Å². The Morgan fingerprint density at radius 3 is 2.42 bits per heavy atom. The molecule has 0 aromatic heterocycles. The normalized spacial score (nSPS) is 15.0. The van der Waals surface area contributed by atoms with Crippen LogP contribution in [0.4, 0.5) is 9.18 Å². The molecular weight excluding hydrogens is 529 g/mol. The predicted molar refractivity (Wildman–Crippen MR) is 135 cm³/mol. The van der Waals surface area contributed by atoms with Gasteiger partial charge in [0, 0.05) is 16.1 Å². The van der Waals surface area contributed by atoms with Gasteiger partial charge in [-0.3, -0.25) is 14.5 Å². The minimum absolute atomic E-state index is 0.00158. The van der Waals surface area contributed by atoms with Crippen molar-refractivity contribution in [1.29, 1.82) is 0 Å². The van der Waals surface area contributed by atoms with E-state index in [1.54, 1.807) is 18.2 Å². The average molecular weight is 548 g/mol. The van der Waals surface area contributed by atoms with Gasteiger partial charge >= 0.3 is 10.1 Å². The van der Waals surface area contributed by atoms with Gasteiger partial charge in [-0.1, -0.05) is 47.5 Å². The zero-order chi connectivity index (χ0) is 26.0. The molecule has 0 saturated carbocycles. The Morgan fingerprint density at radius 1 is 1.06 bits per heavy atom. The first-order valence-electron chi connectivity index (χ1n) is 10.5. The highest BCUT2D eigenvalue weighted by Gasteiger charge is 2.36. The Balaban J connectivity index is 1.68. The van der Waals surface area contributed by atoms with Crippen molar-refractivity contribution >= 4 is 50.7 Å². The molecule has 0 spiro atoms. The minimum Gasteiger partial charge on any atom is -0.493 e. The molecule has 0 N–H and O–H groups in total. The maximum atomic E-state index is 14.2. The highest BCUT2D eigenvalue weighted by atomic mass is 35.5. The van der Waals surface area contributed by atoms with E-state index in [1.807, 2.05) is 6.92 Å². The summed E-state index contributed by atoms with van der Waals surface area (Å²) < 4.78 is 50.8. The molecule has 0 radical (unpaired) electrons. The summed E-state index contributed by atoms with van der Waals surface area (Å²) in [5.74, 6) is -1.36. The number of imide groups is 1. The molecule has 1 saturated heterocycles. The van der Waals surface area contributed by atoms with Crippen LogP contribution in [0, 0.1) is 12.7 Å². The van der Waals surface area contributed by atoms with Gasteiger partial charge in [-0.2, -0.15) is 8.42 Å². The molecule has 1 heterocycles. The standard InChI is InChI=1S/C25H19ClFNO6S2/c1-15-9-11-17(12-10-15)36(31,32)34-23-16(5-3-8-21(23)33-2)13-22-24(29)28(25(30)35-22)14-18-19(26)6-4-7-20(18)27/h3-13H,14H2,1-2H3/b22-13-. The minimum atomic E-state index is -4.24. The number of rotatable bonds is 7. The Bertz CT molecular complexity index is 1470. The van der Waals surface area contributed by atoms with Crippen molar-refractivity contribution in [2.45, 2.75) is 18.4 Å². The molecule has 36 heavy (non-hydrogen) atoms. The Hall–Kier alpha value is -3.34. The van der Waals surface area contributed by atoms with E-state index in [0.29, 0.717) is 11.8 Å². The van der Waals surface area contributed by atoms with E-state index in [4.69, 9.17) is 20.5 Å². The molecule has 11 heteroatoms. The van der Waals surface area contributed by atoms with Crippen LogP contribution in [0.5, 0.6) is 11.5 Å². The van der Waals surface area contributed by atoms with Gasteiger partial charge in [0.2, 0.25) is 0 Å². The van der Waals surface area contributed by atoms with Crippen molar-refractivity contribution in [1.82, 2.24) is 4.90 Å². The van der Waals surface area contributed by atoms with Crippen molar-refractivity contribution in [3.8, 4) is 11.5 Å². The van der Waals surface area contributed by atoms with Gasteiger partial charge in [-0.05, 0) is 55.1 Å². The van der Waals surface area contributed by atoms with E-state index in [2.05, 4.69) is 0 Å². The summed E-state index contributed by atoms with van der Waals surface area (Å²) >= 11 is 6.68. The van der Waals surface area contributed by atoms with Crippen molar-refractivity contribution in [2.24, 2.45) is 0 Å². The molecular formula is C25H19ClFNO6S2. The van der Waals surface area contributed by atoms with Gasteiger partial charge in [0.15, 0.2) is 11.5 Å². The molecule has 0 aliphatic carbocycles. The smallest absolute Gasteiger partial charge is 0.339 e. The zero-order valence-electron chi connectivity index (χ0n) is 19.0. The summed E-state index contributed by atoms with van der Waals surface area (Å²) in [6.45, 7) is 1.47. The molecule has 1 aliphatic heterocycles. The monoisotopic (exact) mass is 547 g/mol. The molecule has 3 aromatic carbocycles. The summed E-state index contributed by atoms with van der Waals surface area (Å²) in [4.78, 5) is 26.4. The van der Waals surface area contributed by atoms with E-state index in [-0.39, 0.29) is 44.0 Å². The van der Waals surface area contributed by atoms with Crippen LogP contribution in [0.1, 0.15) is 16.7 Å². The number of hydrogen-bond donors (Lipinski definition) is 0. The van der Waals surface area contributed by atoms with Crippen LogP contribution in [0.3, 0.4) is 0 Å². The van der Waals surface area contributed by atoms with Gasteiger partial charge < -0.3 is 8.92 Å². The Labute approximate surface area is 216 Å². The molecule has 1 fully saturated rings. The fourth-order valence-corrected chi connectivity index (χ4v) is 5.39. The molecule has 0 unspecified atom stereocenters. The van der Waals surface area contributed by atoms with Gasteiger partial charge in [0.1, 0.15) is 10.7 Å². The topological polar surface area (TPSA) is 90.0 Å². The lowest BCUT2D eigenvalue weighted by molar-refractivity contribution is -0.123. The second-order valence-electron chi connectivity index (χ2n) is 7.70. The molecule has 4 rings (SSSR count). The van der Waals surface area contributed by atoms with Gasteiger partial charge in [0.25, 0.3) is 11.1 Å². The van der Waals surface area contributed by atoms with Gasteiger partial charge in [0.05, 0.1) is 18.6 Å². The summed E-state index contributed by atoms with van der Waals surface area (Å²) in [5.41, 5.74) is 1.08. The lowest BCUT2D eigenvalue weighted by atomic mass is 10.1. The Morgan fingerprint density at radius 2 is 1.75 bits per heavy atom. The third-order valence-corrected chi connectivity index (χ3v) is 7.77. The van der Waals surface area contributed by atoms with E-state index in [9.17, 15) is 22.4 Å². The quantitative estimate of drug-likeness (QED) is 0.273. The number of halogens is 2. The van der Waals surface area contributed by atoms with Crippen molar-refractivity contribution in [3.63, 3.8) is 0 Å². The number of benzene rings is 3. The first-order valence-corrected chi connectivity index (χ1v) is 13.1. The number of para-hydroxylation sites is 1. The molecule has 7 nitrogen and oxygen atoms in total. The third kappa shape index (κ3) is 5.25. The maximum absolute atomic E-state index is 14.2. The number of thioether (sulfide) groups is 1. The molecule has 0 atom stereocenters. The van der Waals surface area contributed by atoms with E-state index in [1.165, 1.54) is 55.7 Å². The van der Waals surface area contributed by atoms with Gasteiger partial charge in [-0.15, -0.1) is 0 Å². The SMILES string of the molecule is COc1cccc(/C=C2\SC(=O)N(Cc3c(F)cccc3Cl)C2=O)c1OS(=O)(=O)c1ccc(C)cc1. The average Bonchev–Trinajstić information content (AvgIpc) is 3.09. The van der Waals surface area contributed by atoms with Crippen LogP contribution in [0.15, 0.2) is 70.5 Å². The van der Waals surface area contributed by atoms with E-state index < -0.39 is 27.1 Å². The highest BCUT2D eigenvalue weighted by Crippen LogP contribution is 2.39. The van der Waals surface area contributed by atoms with Crippen LogP contribution < -0.4 is 8.92 Å². The van der Waals surface area contributed by atoms with Crippen molar-refractivity contribution in [3.05, 3.63) is 93.1 Å². The van der Waals surface area contributed by atoms with Gasteiger partial charge in [-0.25, -0.2) is 4.39 Å². The summed E-state index contributed by atoms with van der Waals surface area (Å²) in [6, 6.07) is 14.8. The first-order chi connectivity index (χ1) is 17.1. The highest BCUT2D eigenvalue weighted by molar-refractivity contribution is 8.18. The predicted octanol–water partition coefficient (Wildman–Crippen LogP) is 5.80. The first kappa shape index (κ1) is 25.7. The fraction of sp³-hybridized carbons (Fsp3) is 0.120. The Kier molecular flexibility index (Phi) is 7.39. The summed E-state index contributed by atoms with van der Waals surface area (Å²) in [6.07, 6.45) is 1.33. The maximum Gasteiger partial charge on any atom is 0.339 e. The summed E-state index contributed by atoms with van der Waals surface area (Å²) in [5, 5.41) is -0.536. The number of amides is 2. The number of hydrogen-bond acceptors (Lipinski definition) is 7. The molecule has 0 bridgehead atoms. The van der Waals surface area contributed by atoms with Crippen LogP contribution in [-0.4, -0.2) is 31.6 Å². The van der Waals surface area contributed by atoms with E-state index in [0.717, 1.165) is 10.5 Å². The van der Waals surface area contributed by atoms with E-state index >= 15 is 0 Å². The fourth-order valence-electron chi connectivity index (χ4n) is 3.38.